The van der Waals surface area contributed by atoms with Crippen LogP contribution in [0.25, 0.3) is 0 Å². The van der Waals surface area contributed by atoms with Crippen molar-refractivity contribution in [3.05, 3.63) is 17.5 Å². The van der Waals surface area contributed by atoms with E-state index in [9.17, 15) is 0 Å². The first-order valence-electron chi connectivity index (χ1n) is 6.56. The van der Waals surface area contributed by atoms with Gasteiger partial charge < -0.3 is 5.32 Å². The number of hydrogen-bond acceptors (Lipinski definition) is 2. The van der Waals surface area contributed by atoms with Gasteiger partial charge in [-0.3, -0.25) is 4.68 Å². The molecule has 0 aromatic carbocycles. The number of rotatable bonds is 5. The first kappa shape index (κ1) is 14.2. The summed E-state index contributed by atoms with van der Waals surface area (Å²) in [7, 11) is 2.03. The van der Waals surface area contributed by atoms with Crippen LogP contribution in [0.3, 0.4) is 0 Å². The van der Waals surface area contributed by atoms with Crippen LogP contribution in [-0.4, -0.2) is 23.4 Å². The molecular formula is C14H27N3. The van der Waals surface area contributed by atoms with Gasteiger partial charge in [-0.25, -0.2) is 0 Å². The molecule has 0 spiro atoms. The summed E-state index contributed by atoms with van der Waals surface area (Å²) in [6.07, 6.45) is 1.10. The van der Waals surface area contributed by atoms with Gasteiger partial charge >= 0.3 is 0 Å². The predicted octanol–water partition coefficient (Wildman–Crippen LogP) is 2.64. The Hall–Kier alpha value is -0.830. The minimum absolute atomic E-state index is 0.319. The molecule has 0 saturated carbocycles. The highest BCUT2D eigenvalue weighted by atomic mass is 15.3. The minimum Gasteiger partial charge on any atom is -0.319 e. The maximum Gasteiger partial charge on any atom is 0.0596 e. The Morgan fingerprint density at radius 3 is 2.53 bits per heavy atom. The summed E-state index contributed by atoms with van der Waals surface area (Å²) < 4.78 is 2.13. The Bertz CT molecular complexity index is 347. The Morgan fingerprint density at radius 1 is 1.41 bits per heavy atom. The van der Waals surface area contributed by atoms with Gasteiger partial charge in [-0.15, -0.1) is 0 Å². The monoisotopic (exact) mass is 237 g/mol. The van der Waals surface area contributed by atoms with Crippen LogP contribution >= 0.6 is 0 Å². The van der Waals surface area contributed by atoms with E-state index in [1.165, 1.54) is 5.69 Å². The summed E-state index contributed by atoms with van der Waals surface area (Å²) in [6.45, 7) is 13.2. The van der Waals surface area contributed by atoms with Gasteiger partial charge in [0, 0.05) is 12.2 Å². The SMILES string of the molecule is CCn1nc(C)cc1CC(CNC)C(C)(C)C. The van der Waals surface area contributed by atoms with Crippen molar-refractivity contribution in [3.8, 4) is 0 Å². The van der Waals surface area contributed by atoms with Crippen LogP contribution in [0.4, 0.5) is 0 Å². The number of nitrogens with zero attached hydrogens (tertiary/aromatic N) is 2. The number of aryl methyl sites for hydroxylation is 2. The Labute approximate surface area is 106 Å². The molecule has 0 aliphatic rings. The van der Waals surface area contributed by atoms with Crippen LogP contribution in [0, 0.1) is 18.3 Å². The quantitative estimate of drug-likeness (QED) is 0.853. The Balaban J connectivity index is 2.85. The third-order valence-electron chi connectivity index (χ3n) is 3.42. The average molecular weight is 237 g/mol. The summed E-state index contributed by atoms with van der Waals surface area (Å²) in [5.41, 5.74) is 2.80. The van der Waals surface area contributed by atoms with Crippen LogP contribution in [0.1, 0.15) is 39.1 Å². The van der Waals surface area contributed by atoms with E-state index in [2.05, 4.69) is 55.8 Å². The lowest BCUT2D eigenvalue weighted by molar-refractivity contribution is 0.231. The van der Waals surface area contributed by atoms with Gasteiger partial charge in [0.1, 0.15) is 0 Å². The average Bonchev–Trinajstić information content (AvgIpc) is 2.57. The van der Waals surface area contributed by atoms with Gasteiger partial charge in [-0.2, -0.15) is 5.10 Å². The molecule has 1 N–H and O–H groups in total. The van der Waals surface area contributed by atoms with E-state index >= 15 is 0 Å². The summed E-state index contributed by atoms with van der Waals surface area (Å²) in [5.74, 6) is 0.633. The summed E-state index contributed by atoms with van der Waals surface area (Å²) >= 11 is 0. The molecule has 1 rings (SSSR count). The van der Waals surface area contributed by atoms with Crippen molar-refractivity contribution in [3.63, 3.8) is 0 Å². The van der Waals surface area contributed by atoms with Crippen molar-refractivity contribution in [1.82, 2.24) is 15.1 Å². The molecule has 1 heterocycles. The smallest absolute Gasteiger partial charge is 0.0596 e. The van der Waals surface area contributed by atoms with Crippen molar-refractivity contribution in [2.24, 2.45) is 11.3 Å². The van der Waals surface area contributed by atoms with Crippen LogP contribution in [0.15, 0.2) is 6.07 Å². The summed E-state index contributed by atoms with van der Waals surface area (Å²) in [4.78, 5) is 0. The molecule has 1 aromatic rings. The van der Waals surface area contributed by atoms with Crippen LogP contribution < -0.4 is 5.32 Å². The number of aromatic nitrogens is 2. The van der Waals surface area contributed by atoms with E-state index in [0.717, 1.165) is 25.2 Å². The summed E-state index contributed by atoms with van der Waals surface area (Å²) in [5, 5.41) is 7.83. The first-order chi connectivity index (χ1) is 7.88. The van der Waals surface area contributed by atoms with E-state index in [1.54, 1.807) is 0 Å². The lowest BCUT2D eigenvalue weighted by Crippen LogP contribution is -2.32. The van der Waals surface area contributed by atoms with Crippen molar-refractivity contribution in [1.29, 1.82) is 0 Å². The molecule has 1 aromatic heterocycles. The molecule has 0 aliphatic carbocycles. The fraction of sp³-hybridized carbons (Fsp3) is 0.786. The molecule has 1 unspecified atom stereocenters. The van der Waals surface area contributed by atoms with Gasteiger partial charge in [0.2, 0.25) is 0 Å². The second-order valence-corrected chi connectivity index (χ2v) is 5.92. The second-order valence-electron chi connectivity index (χ2n) is 5.92. The van der Waals surface area contributed by atoms with Gasteiger partial charge in [0.25, 0.3) is 0 Å². The third kappa shape index (κ3) is 3.84. The third-order valence-corrected chi connectivity index (χ3v) is 3.42. The molecule has 0 bridgehead atoms. The highest BCUT2D eigenvalue weighted by Gasteiger charge is 2.25. The van der Waals surface area contributed by atoms with E-state index in [1.807, 2.05) is 7.05 Å². The standard InChI is InChI=1S/C14H27N3/c1-7-17-13(8-11(2)16-17)9-12(10-15-6)14(3,4)5/h8,12,15H,7,9-10H2,1-6H3. The van der Waals surface area contributed by atoms with E-state index < -0.39 is 0 Å². The fourth-order valence-corrected chi connectivity index (χ4v) is 2.22. The normalized spacial score (nSPS) is 14.0. The molecular weight excluding hydrogens is 210 g/mol. The predicted molar refractivity (Wildman–Crippen MR) is 73.2 cm³/mol. The van der Waals surface area contributed by atoms with E-state index in [4.69, 9.17) is 0 Å². The molecule has 3 heteroatoms. The van der Waals surface area contributed by atoms with Crippen LogP contribution in [0.5, 0.6) is 0 Å². The first-order valence-corrected chi connectivity index (χ1v) is 6.56. The van der Waals surface area contributed by atoms with Gasteiger partial charge in [0.05, 0.1) is 5.69 Å². The fourth-order valence-electron chi connectivity index (χ4n) is 2.22. The highest BCUT2D eigenvalue weighted by Crippen LogP contribution is 2.28. The van der Waals surface area contributed by atoms with Crippen molar-refractivity contribution >= 4 is 0 Å². The lowest BCUT2D eigenvalue weighted by atomic mass is 9.78. The molecule has 3 nitrogen and oxygen atoms in total. The van der Waals surface area contributed by atoms with Crippen molar-refractivity contribution < 1.29 is 0 Å². The van der Waals surface area contributed by atoms with Gasteiger partial charge in [-0.1, -0.05) is 20.8 Å². The Kier molecular flexibility index (Phi) is 4.75. The number of hydrogen-bond donors (Lipinski definition) is 1. The zero-order chi connectivity index (χ0) is 13.1. The maximum atomic E-state index is 4.52. The molecule has 1 atom stereocenters. The second kappa shape index (κ2) is 5.67. The minimum atomic E-state index is 0.319. The Morgan fingerprint density at radius 2 is 2.06 bits per heavy atom. The molecule has 0 fully saturated rings. The van der Waals surface area contributed by atoms with Crippen molar-refractivity contribution in [2.75, 3.05) is 13.6 Å². The zero-order valence-electron chi connectivity index (χ0n) is 12.2. The molecule has 0 saturated heterocycles. The zero-order valence-corrected chi connectivity index (χ0v) is 12.2. The highest BCUT2D eigenvalue weighted by molar-refractivity contribution is 5.10. The molecule has 98 valence electrons. The lowest BCUT2D eigenvalue weighted by Gasteiger charge is -2.30. The molecule has 0 radical (unpaired) electrons. The van der Waals surface area contributed by atoms with Crippen molar-refractivity contribution in [2.45, 2.75) is 47.6 Å². The molecule has 0 aliphatic heterocycles. The summed E-state index contributed by atoms with van der Waals surface area (Å²) in [6, 6.07) is 2.22. The van der Waals surface area contributed by atoms with Gasteiger partial charge in [0.15, 0.2) is 0 Å². The molecule has 0 amide bonds. The van der Waals surface area contributed by atoms with Crippen LogP contribution in [0.2, 0.25) is 0 Å². The molecule has 17 heavy (non-hydrogen) atoms. The topological polar surface area (TPSA) is 29.9 Å². The van der Waals surface area contributed by atoms with Gasteiger partial charge in [-0.05, 0) is 51.3 Å². The largest absolute Gasteiger partial charge is 0.319 e. The van der Waals surface area contributed by atoms with Crippen LogP contribution in [-0.2, 0) is 13.0 Å². The maximum absolute atomic E-state index is 4.52. The van der Waals surface area contributed by atoms with E-state index in [0.29, 0.717) is 11.3 Å². The number of nitrogens with one attached hydrogen (secondary N) is 1. The van der Waals surface area contributed by atoms with E-state index in [-0.39, 0.29) is 0 Å².